The van der Waals surface area contributed by atoms with E-state index in [0.29, 0.717) is 0 Å². The highest BCUT2D eigenvalue weighted by atomic mass is 16.2. The van der Waals surface area contributed by atoms with Gasteiger partial charge in [0, 0.05) is 6.54 Å². The van der Waals surface area contributed by atoms with E-state index in [-0.39, 0.29) is 5.41 Å². The monoisotopic (exact) mass is 184 g/mol. The molecule has 0 bridgehead atoms. The Labute approximate surface area is 80.1 Å². The fourth-order valence-corrected chi connectivity index (χ4v) is 2.06. The minimum Gasteiger partial charge on any atom is -0.352 e. The van der Waals surface area contributed by atoms with E-state index in [1.165, 1.54) is 38.5 Å². The van der Waals surface area contributed by atoms with Crippen LogP contribution in [0, 0.1) is 5.41 Å². The van der Waals surface area contributed by atoms with Crippen molar-refractivity contribution in [3.8, 4) is 0 Å². The van der Waals surface area contributed by atoms with Crippen LogP contribution in [0.5, 0.6) is 0 Å². The van der Waals surface area contributed by atoms with Gasteiger partial charge in [0.05, 0.1) is 0 Å². The minimum atomic E-state index is -0.398. The van der Waals surface area contributed by atoms with E-state index >= 15 is 0 Å². The molecule has 0 aliphatic heterocycles. The Morgan fingerprint density at radius 1 is 1.31 bits per heavy atom. The van der Waals surface area contributed by atoms with Gasteiger partial charge in [0.1, 0.15) is 0 Å². The highest BCUT2D eigenvalue weighted by Crippen LogP contribution is 2.33. The summed E-state index contributed by atoms with van der Waals surface area (Å²) in [5.41, 5.74) is 5.34. The molecule has 3 heteroatoms. The summed E-state index contributed by atoms with van der Waals surface area (Å²) in [5.74, 6) is 0. The smallest absolute Gasteiger partial charge is 0.312 e. The topological polar surface area (TPSA) is 55.1 Å². The van der Waals surface area contributed by atoms with E-state index in [4.69, 9.17) is 5.73 Å². The summed E-state index contributed by atoms with van der Waals surface area (Å²) in [7, 11) is 0. The molecule has 0 aromatic carbocycles. The lowest BCUT2D eigenvalue weighted by molar-refractivity contribution is 0.230. The Hall–Kier alpha value is -0.730. The van der Waals surface area contributed by atoms with Gasteiger partial charge < -0.3 is 11.1 Å². The molecule has 2 amide bonds. The van der Waals surface area contributed by atoms with Gasteiger partial charge in [-0.1, -0.05) is 32.6 Å². The molecule has 0 unspecified atom stereocenters. The first kappa shape index (κ1) is 10.4. The molecule has 76 valence electrons. The molecule has 0 heterocycles. The second-order valence-electron chi connectivity index (χ2n) is 4.44. The number of carbonyl (C=O) groups excluding carboxylic acids is 1. The van der Waals surface area contributed by atoms with E-state index in [1.807, 2.05) is 0 Å². The molecule has 3 N–H and O–H groups in total. The van der Waals surface area contributed by atoms with Crippen molar-refractivity contribution in [2.45, 2.75) is 45.4 Å². The van der Waals surface area contributed by atoms with Crippen LogP contribution in [0.4, 0.5) is 4.79 Å². The lowest BCUT2D eigenvalue weighted by Gasteiger charge is -2.27. The molecule has 0 radical (unpaired) electrons. The van der Waals surface area contributed by atoms with Gasteiger partial charge in [0.15, 0.2) is 0 Å². The number of rotatable bonds is 2. The third-order valence-corrected chi connectivity index (χ3v) is 3.00. The first-order valence-corrected chi connectivity index (χ1v) is 5.16. The molecule has 0 atom stereocenters. The number of urea groups is 1. The average Bonchev–Trinajstić information content (AvgIpc) is 2.28. The summed E-state index contributed by atoms with van der Waals surface area (Å²) < 4.78 is 0. The third-order valence-electron chi connectivity index (χ3n) is 3.00. The van der Waals surface area contributed by atoms with Crippen LogP contribution in [-0.2, 0) is 0 Å². The number of amides is 2. The van der Waals surface area contributed by atoms with Gasteiger partial charge in [-0.25, -0.2) is 4.79 Å². The molecule has 1 rings (SSSR count). The highest BCUT2D eigenvalue weighted by molar-refractivity contribution is 5.71. The van der Waals surface area contributed by atoms with Crippen molar-refractivity contribution in [2.75, 3.05) is 6.54 Å². The van der Waals surface area contributed by atoms with Gasteiger partial charge >= 0.3 is 6.03 Å². The van der Waals surface area contributed by atoms with Gasteiger partial charge in [0.25, 0.3) is 0 Å². The van der Waals surface area contributed by atoms with Crippen LogP contribution < -0.4 is 11.1 Å². The molecule has 1 aliphatic rings. The van der Waals surface area contributed by atoms with Gasteiger partial charge in [-0.3, -0.25) is 0 Å². The fourth-order valence-electron chi connectivity index (χ4n) is 2.06. The number of hydrogen-bond donors (Lipinski definition) is 2. The minimum absolute atomic E-state index is 0.283. The van der Waals surface area contributed by atoms with E-state index in [2.05, 4.69) is 12.2 Å². The van der Waals surface area contributed by atoms with Crippen molar-refractivity contribution in [2.24, 2.45) is 11.1 Å². The van der Waals surface area contributed by atoms with Crippen LogP contribution in [-0.4, -0.2) is 12.6 Å². The first-order chi connectivity index (χ1) is 6.12. The van der Waals surface area contributed by atoms with E-state index in [1.54, 1.807) is 0 Å². The van der Waals surface area contributed by atoms with Crippen LogP contribution in [0.3, 0.4) is 0 Å². The lowest BCUT2D eigenvalue weighted by Crippen LogP contribution is -2.38. The number of primary amides is 1. The fraction of sp³-hybridized carbons (Fsp3) is 0.900. The van der Waals surface area contributed by atoms with Crippen LogP contribution in [0.2, 0.25) is 0 Å². The van der Waals surface area contributed by atoms with E-state index < -0.39 is 6.03 Å². The van der Waals surface area contributed by atoms with Crippen molar-refractivity contribution in [1.29, 1.82) is 0 Å². The third kappa shape index (κ3) is 3.66. The zero-order chi connectivity index (χ0) is 9.73. The molecule has 0 spiro atoms. The van der Waals surface area contributed by atoms with Crippen molar-refractivity contribution in [3.05, 3.63) is 0 Å². The Bertz CT molecular complexity index is 172. The maximum atomic E-state index is 10.6. The van der Waals surface area contributed by atoms with Crippen LogP contribution in [0.25, 0.3) is 0 Å². The van der Waals surface area contributed by atoms with Crippen LogP contribution >= 0.6 is 0 Å². The van der Waals surface area contributed by atoms with Gasteiger partial charge in [-0.05, 0) is 18.3 Å². The molecule has 1 saturated carbocycles. The second kappa shape index (κ2) is 4.49. The summed E-state index contributed by atoms with van der Waals surface area (Å²) >= 11 is 0. The van der Waals surface area contributed by atoms with Crippen molar-refractivity contribution in [3.63, 3.8) is 0 Å². The Kier molecular flexibility index (Phi) is 3.58. The number of nitrogens with one attached hydrogen (secondary N) is 1. The summed E-state index contributed by atoms with van der Waals surface area (Å²) in [6, 6.07) is -0.398. The van der Waals surface area contributed by atoms with Crippen LogP contribution in [0.15, 0.2) is 0 Å². The standard InChI is InChI=1S/C10H20N2O/c1-10(8-12-9(11)13)6-4-2-3-5-7-10/h2-8H2,1H3,(H3,11,12,13). The largest absolute Gasteiger partial charge is 0.352 e. The van der Waals surface area contributed by atoms with E-state index in [0.717, 1.165) is 6.54 Å². The Morgan fingerprint density at radius 3 is 2.31 bits per heavy atom. The number of hydrogen-bond acceptors (Lipinski definition) is 1. The predicted octanol–water partition coefficient (Wildman–Crippen LogP) is 2.02. The molecule has 0 saturated heterocycles. The quantitative estimate of drug-likeness (QED) is 0.634. The molecular weight excluding hydrogens is 164 g/mol. The summed E-state index contributed by atoms with van der Waals surface area (Å²) in [6.07, 6.45) is 7.69. The number of nitrogens with two attached hydrogens (primary N) is 1. The molecule has 1 fully saturated rings. The molecule has 13 heavy (non-hydrogen) atoms. The Morgan fingerprint density at radius 2 is 1.85 bits per heavy atom. The maximum absolute atomic E-state index is 10.6. The normalized spacial score (nSPS) is 21.9. The summed E-state index contributed by atoms with van der Waals surface area (Å²) in [6.45, 7) is 2.98. The number of carbonyl (C=O) groups is 1. The summed E-state index contributed by atoms with van der Waals surface area (Å²) in [5, 5.41) is 2.72. The molecule has 0 aromatic rings. The van der Waals surface area contributed by atoms with Gasteiger partial charge in [-0.15, -0.1) is 0 Å². The molecule has 0 aromatic heterocycles. The van der Waals surface area contributed by atoms with Gasteiger partial charge in [0.2, 0.25) is 0 Å². The van der Waals surface area contributed by atoms with Gasteiger partial charge in [-0.2, -0.15) is 0 Å². The second-order valence-corrected chi connectivity index (χ2v) is 4.44. The van der Waals surface area contributed by atoms with Crippen LogP contribution in [0.1, 0.15) is 45.4 Å². The van der Waals surface area contributed by atoms with Crippen molar-refractivity contribution in [1.82, 2.24) is 5.32 Å². The molecule has 3 nitrogen and oxygen atoms in total. The highest BCUT2D eigenvalue weighted by Gasteiger charge is 2.25. The van der Waals surface area contributed by atoms with Crippen molar-refractivity contribution >= 4 is 6.03 Å². The van der Waals surface area contributed by atoms with E-state index in [9.17, 15) is 4.79 Å². The lowest BCUT2D eigenvalue weighted by atomic mass is 9.82. The first-order valence-electron chi connectivity index (χ1n) is 5.16. The maximum Gasteiger partial charge on any atom is 0.312 e. The predicted molar refractivity (Wildman–Crippen MR) is 53.4 cm³/mol. The summed E-state index contributed by atoms with van der Waals surface area (Å²) in [4.78, 5) is 10.6. The molecule has 1 aliphatic carbocycles. The average molecular weight is 184 g/mol. The van der Waals surface area contributed by atoms with Crippen molar-refractivity contribution < 1.29 is 4.79 Å². The zero-order valence-corrected chi connectivity index (χ0v) is 8.44. The molecular formula is C10H20N2O. The Balaban J connectivity index is 2.37. The zero-order valence-electron chi connectivity index (χ0n) is 8.44. The SMILES string of the molecule is CC1(CNC(N)=O)CCCCCC1.